The van der Waals surface area contributed by atoms with Crippen molar-refractivity contribution in [1.82, 2.24) is 15.5 Å². The molecule has 3 atom stereocenters. The fourth-order valence-electron chi connectivity index (χ4n) is 4.63. The van der Waals surface area contributed by atoms with Crippen molar-refractivity contribution in [3.8, 4) is 0 Å². The van der Waals surface area contributed by atoms with E-state index in [-0.39, 0.29) is 30.1 Å². The molecule has 0 bridgehead atoms. The summed E-state index contributed by atoms with van der Waals surface area (Å²) in [5, 5.41) is 7.22. The second-order valence-corrected chi connectivity index (χ2v) is 8.41. The van der Waals surface area contributed by atoms with Crippen LogP contribution in [0.25, 0.3) is 0 Å². The van der Waals surface area contributed by atoms with Gasteiger partial charge < -0.3 is 15.4 Å². The topological polar surface area (TPSA) is 48.9 Å². The van der Waals surface area contributed by atoms with Crippen LogP contribution in [-0.2, 0) is 11.3 Å². The van der Waals surface area contributed by atoms with Crippen LogP contribution in [0.3, 0.4) is 0 Å². The quantitative estimate of drug-likeness (QED) is 0.331. The van der Waals surface area contributed by atoms with Crippen LogP contribution < -0.4 is 10.6 Å². The van der Waals surface area contributed by atoms with E-state index in [0.29, 0.717) is 12.0 Å². The standard InChI is InChI=1S/C25H34N4O.HI/c1-26-25(27-17-22-14-16-30-24(22)21-11-6-3-7-12-21)28-23-13-8-15-29(19-23)18-20-9-4-2-5-10-20;/h2-7,9-12,22-24H,8,13-19H2,1H3,(H2,26,27,28);1H. The second kappa shape index (κ2) is 12.4. The van der Waals surface area contributed by atoms with E-state index in [9.17, 15) is 0 Å². The molecule has 4 rings (SSSR count). The van der Waals surface area contributed by atoms with E-state index < -0.39 is 0 Å². The number of guanidine groups is 1. The summed E-state index contributed by atoms with van der Waals surface area (Å²) in [6.45, 7) is 4.93. The lowest BCUT2D eigenvalue weighted by molar-refractivity contribution is 0.0915. The molecule has 0 radical (unpaired) electrons. The normalized spacial score (nSPS) is 24.4. The van der Waals surface area contributed by atoms with Crippen LogP contribution >= 0.6 is 24.0 Å². The predicted molar refractivity (Wildman–Crippen MR) is 138 cm³/mol. The number of aliphatic imine (C=N–C) groups is 1. The van der Waals surface area contributed by atoms with E-state index in [1.165, 1.54) is 24.0 Å². The van der Waals surface area contributed by atoms with Gasteiger partial charge in [-0.1, -0.05) is 60.7 Å². The highest BCUT2D eigenvalue weighted by Crippen LogP contribution is 2.33. The molecule has 0 spiro atoms. The zero-order valence-corrected chi connectivity index (χ0v) is 20.7. The van der Waals surface area contributed by atoms with Gasteiger partial charge in [-0.2, -0.15) is 0 Å². The van der Waals surface area contributed by atoms with Crippen molar-refractivity contribution in [2.75, 3.05) is 33.3 Å². The van der Waals surface area contributed by atoms with Gasteiger partial charge in [0.15, 0.2) is 5.96 Å². The van der Waals surface area contributed by atoms with Crippen molar-refractivity contribution < 1.29 is 4.74 Å². The monoisotopic (exact) mass is 534 g/mol. The molecule has 0 aromatic heterocycles. The summed E-state index contributed by atoms with van der Waals surface area (Å²) >= 11 is 0. The first-order valence-electron chi connectivity index (χ1n) is 11.2. The van der Waals surface area contributed by atoms with Crippen LogP contribution in [0, 0.1) is 5.92 Å². The number of benzene rings is 2. The Kier molecular flexibility index (Phi) is 9.61. The molecule has 31 heavy (non-hydrogen) atoms. The lowest BCUT2D eigenvalue weighted by Crippen LogP contribution is -2.51. The van der Waals surface area contributed by atoms with E-state index in [2.05, 4.69) is 81.2 Å². The molecule has 0 amide bonds. The molecular formula is C25H35IN4O. The van der Waals surface area contributed by atoms with Crippen molar-refractivity contribution in [2.24, 2.45) is 10.9 Å². The molecule has 2 fully saturated rings. The van der Waals surface area contributed by atoms with Crippen molar-refractivity contribution >= 4 is 29.9 Å². The number of nitrogens with one attached hydrogen (secondary N) is 2. The Bertz CT molecular complexity index is 802. The summed E-state index contributed by atoms with van der Waals surface area (Å²) in [4.78, 5) is 7.03. The summed E-state index contributed by atoms with van der Waals surface area (Å²) in [6, 6.07) is 21.7. The number of likely N-dealkylation sites (tertiary alicyclic amines) is 1. The third-order valence-electron chi connectivity index (χ3n) is 6.19. The minimum absolute atomic E-state index is 0. The van der Waals surface area contributed by atoms with Gasteiger partial charge in [-0.05, 0) is 36.9 Å². The van der Waals surface area contributed by atoms with Crippen LogP contribution in [0.15, 0.2) is 65.7 Å². The van der Waals surface area contributed by atoms with E-state index in [1.54, 1.807) is 0 Å². The molecule has 2 aliphatic rings. The van der Waals surface area contributed by atoms with Gasteiger partial charge in [0.25, 0.3) is 0 Å². The van der Waals surface area contributed by atoms with Gasteiger partial charge in [-0.15, -0.1) is 24.0 Å². The molecule has 0 aliphatic carbocycles. The van der Waals surface area contributed by atoms with Crippen molar-refractivity contribution in [3.63, 3.8) is 0 Å². The molecule has 5 nitrogen and oxygen atoms in total. The van der Waals surface area contributed by atoms with Crippen LogP contribution in [0.1, 0.15) is 36.5 Å². The molecule has 168 valence electrons. The fourth-order valence-corrected chi connectivity index (χ4v) is 4.63. The van der Waals surface area contributed by atoms with Gasteiger partial charge in [0.2, 0.25) is 0 Å². The number of ether oxygens (including phenoxy) is 1. The summed E-state index contributed by atoms with van der Waals surface area (Å²) in [7, 11) is 1.86. The maximum atomic E-state index is 6.03. The van der Waals surface area contributed by atoms with Crippen molar-refractivity contribution in [2.45, 2.75) is 38.0 Å². The van der Waals surface area contributed by atoms with Crippen molar-refractivity contribution in [3.05, 3.63) is 71.8 Å². The highest BCUT2D eigenvalue weighted by atomic mass is 127. The molecule has 0 saturated carbocycles. The SMILES string of the molecule is CN=C(NCC1CCOC1c1ccccc1)NC1CCCN(Cc2ccccc2)C1.I. The Labute approximate surface area is 203 Å². The lowest BCUT2D eigenvalue weighted by atomic mass is 9.95. The van der Waals surface area contributed by atoms with Crippen LogP contribution in [-0.4, -0.2) is 50.2 Å². The largest absolute Gasteiger partial charge is 0.373 e. The molecule has 6 heteroatoms. The zero-order chi connectivity index (χ0) is 20.6. The first-order valence-corrected chi connectivity index (χ1v) is 11.2. The fraction of sp³-hybridized carbons (Fsp3) is 0.480. The average molecular weight is 534 g/mol. The number of halogens is 1. The smallest absolute Gasteiger partial charge is 0.191 e. The van der Waals surface area contributed by atoms with Gasteiger partial charge in [0, 0.05) is 45.2 Å². The number of nitrogens with zero attached hydrogens (tertiary/aromatic N) is 2. The van der Waals surface area contributed by atoms with E-state index in [4.69, 9.17) is 4.74 Å². The molecule has 2 aromatic rings. The second-order valence-electron chi connectivity index (χ2n) is 8.41. The van der Waals surface area contributed by atoms with Crippen LogP contribution in [0.5, 0.6) is 0 Å². The zero-order valence-electron chi connectivity index (χ0n) is 18.4. The molecule has 2 saturated heterocycles. The Morgan fingerprint density at radius 1 is 1.06 bits per heavy atom. The van der Waals surface area contributed by atoms with E-state index in [1.807, 2.05) is 7.05 Å². The van der Waals surface area contributed by atoms with Crippen LogP contribution in [0.2, 0.25) is 0 Å². The average Bonchev–Trinajstić information content (AvgIpc) is 3.27. The maximum Gasteiger partial charge on any atom is 0.191 e. The Morgan fingerprint density at radius 3 is 2.55 bits per heavy atom. The molecule has 2 aliphatic heterocycles. The van der Waals surface area contributed by atoms with E-state index >= 15 is 0 Å². The molecular weight excluding hydrogens is 499 g/mol. The first-order chi connectivity index (χ1) is 14.8. The van der Waals surface area contributed by atoms with Crippen LogP contribution in [0.4, 0.5) is 0 Å². The third kappa shape index (κ3) is 6.92. The highest BCUT2D eigenvalue weighted by molar-refractivity contribution is 14.0. The summed E-state index contributed by atoms with van der Waals surface area (Å²) in [5.74, 6) is 1.37. The van der Waals surface area contributed by atoms with Gasteiger partial charge >= 0.3 is 0 Å². The Morgan fingerprint density at radius 2 is 1.81 bits per heavy atom. The maximum absolute atomic E-state index is 6.03. The molecule has 2 aromatic carbocycles. The molecule has 3 unspecified atom stereocenters. The lowest BCUT2D eigenvalue weighted by Gasteiger charge is -2.34. The summed E-state index contributed by atoms with van der Waals surface area (Å²) in [6.07, 6.45) is 3.66. The van der Waals surface area contributed by atoms with Gasteiger partial charge in [0.05, 0.1) is 6.10 Å². The minimum Gasteiger partial charge on any atom is -0.373 e. The Hall–Kier alpha value is -1.64. The summed E-state index contributed by atoms with van der Waals surface area (Å²) < 4.78 is 6.03. The third-order valence-corrected chi connectivity index (χ3v) is 6.19. The number of hydrogen-bond donors (Lipinski definition) is 2. The predicted octanol–water partition coefficient (Wildman–Crippen LogP) is 4.21. The Balaban J connectivity index is 0.00000272. The first kappa shape index (κ1) is 24.0. The minimum atomic E-state index is 0. The number of rotatable bonds is 6. The van der Waals surface area contributed by atoms with Gasteiger partial charge in [-0.25, -0.2) is 0 Å². The van der Waals surface area contributed by atoms with Crippen molar-refractivity contribution in [1.29, 1.82) is 0 Å². The highest BCUT2D eigenvalue weighted by Gasteiger charge is 2.30. The van der Waals surface area contributed by atoms with Gasteiger partial charge in [0.1, 0.15) is 0 Å². The number of hydrogen-bond acceptors (Lipinski definition) is 3. The van der Waals surface area contributed by atoms with E-state index in [0.717, 1.165) is 45.2 Å². The van der Waals surface area contributed by atoms with Gasteiger partial charge in [-0.3, -0.25) is 9.89 Å². The summed E-state index contributed by atoms with van der Waals surface area (Å²) in [5.41, 5.74) is 2.66. The number of piperidine rings is 1. The molecule has 2 N–H and O–H groups in total. The molecule has 2 heterocycles.